The quantitative estimate of drug-likeness (QED) is 0.638. The number of halogens is 1. The second kappa shape index (κ2) is 8.68. The highest BCUT2D eigenvalue weighted by Crippen LogP contribution is 2.21. The van der Waals surface area contributed by atoms with Gasteiger partial charge < -0.3 is 10.6 Å². The Hall–Kier alpha value is -2.86. The van der Waals surface area contributed by atoms with E-state index in [0.29, 0.717) is 5.69 Å². The second-order valence-electron chi connectivity index (χ2n) is 5.28. The van der Waals surface area contributed by atoms with Crippen LogP contribution in [0.1, 0.15) is 20.7 Å². The fourth-order valence-corrected chi connectivity index (χ4v) is 3.26. The molecule has 2 rings (SSSR count). The monoisotopic (exact) mass is 405 g/mol. The summed E-state index contributed by atoms with van der Waals surface area (Å²) in [5, 5.41) is 5.34. The van der Waals surface area contributed by atoms with Gasteiger partial charge in [-0.3, -0.25) is 9.59 Å². The average molecular weight is 406 g/mol. The van der Waals surface area contributed by atoms with Gasteiger partial charge in [-0.05, 0) is 42.5 Å². The maximum Gasteiger partial charge on any atom is 0.255 e. The van der Waals surface area contributed by atoms with Gasteiger partial charge in [-0.15, -0.1) is 6.42 Å². The first-order valence-electron chi connectivity index (χ1n) is 7.64. The van der Waals surface area contributed by atoms with Crippen molar-refractivity contribution in [1.82, 2.24) is 10.0 Å². The van der Waals surface area contributed by atoms with Crippen molar-refractivity contribution < 1.29 is 18.0 Å². The van der Waals surface area contributed by atoms with Gasteiger partial charge in [-0.25, -0.2) is 8.42 Å². The highest BCUT2D eigenvalue weighted by molar-refractivity contribution is 7.89. The van der Waals surface area contributed by atoms with Crippen LogP contribution in [-0.2, 0) is 10.0 Å². The summed E-state index contributed by atoms with van der Waals surface area (Å²) in [5.74, 6) is 1.32. The van der Waals surface area contributed by atoms with Crippen LogP contribution >= 0.6 is 11.6 Å². The lowest BCUT2D eigenvalue weighted by atomic mass is 10.1. The minimum absolute atomic E-state index is 0.0114. The molecule has 0 saturated heterocycles. The average Bonchev–Trinajstić information content (AvgIpc) is 2.67. The number of nitrogens with one attached hydrogen (secondary N) is 3. The molecule has 27 heavy (non-hydrogen) atoms. The molecule has 2 aromatic carbocycles. The third-order valence-corrected chi connectivity index (χ3v) is 5.23. The fourth-order valence-electron chi connectivity index (χ4n) is 2.12. The number of hydrogen-bond acceptors (Lipinski definition) is 4. The highest BCUT2D eigenvalue weighted by atomic mass is 35.5. The van der Waals surface area contributed by atoms with Crippen LogP contribution in [0.2, 0.25) is 5.02 Å². The van der Waals surface area contributed by atoms with E-state index in [1.54, 1.807) is 6.07 Å². The lowest BCUT2D eigenvalue weighted by Gasteiger charge is -2.09. The van der Waals surface area contributed by atoms with Crippen LogP contribution in [0.25, 0.3) is 0 Å². The van der Waals surface area contributed by atoms with Crippen molar-refractivity contribution in [2.45, 2.75) is 4.90 Å². The van der Waals surface area contributed by atoms with E-state index in [1.807, 2.05) is 0 Å². The Morgan fingerprint density at radius 1 is 1.11 bits per heavy atom. The number of anilines is 1. The summed E-state index contributed by atoms with van der Waals surface area (Å²) in [7, 11) is -2.26. The molecule has 0 bridgehead atoms. The molecular weight excluding hydrogens is 390 g/mol. The van der Waals surface area contributed by atoms with Crippen LogP contribution in [0.15, 0.2) is 47.4 Å². The summed E-state index contributed by atoms with van der Waals surface area (Å²) in [5.41, 5.74) is 0.829. The van der Waals surface area contributed by atoms with Crippen LogP contribution in [0, 0.1) is 12.3 Å². The van der Waals surface area contributed by atoms with Gasteiger partial charge in [0.1, 0.15) is 0 Å². The van der Waals surface area contributed by atoms with E-state index in [4.69, 9.17) is 18.0 Å². The molecule has 0 aromatic heterocycles. The number of terminal acetylenes is 1. The second-order valence-corrected chi connectivity index (χ2v) is 7.46. The Balaban J connectivity index is 2.18. The molecule has 0 aliphatic carbocycles. The smallest absolute Gasteiger partial charge is 0.255 e. The predicted molar refractivity (Wildman–Crippen MR) is 103 cm³/mol. The first-order valence-corrected chi connectivity index (χ1v) is 9.51. The summed E-state index contributed by atoms with van der Waals surface area (Å²) in [6.07, 6.45) is 5.04. The number of amides is 2. The molecule has 0 aliphatic rings. The molecule has 0 heterocycles. The van der Waals surface area contributed by atoms with Crippen molar-refractivity contribution in [3.8, 4) is 12.3 Å². The molecule has 2 amide bonds. The maximum atomic E-state index is 12.3. The normalized spacial score (nSPS) is 10.7. The Kier molecular flexibility index (Phi) is 6.58. The Morgan fingerprint density at radius 2 is 1.78 bits per heavy atom. The van der Waals surface area contributed by atoms with Gasteiger partial charge in [0.05, 0.1) is 22.0 Å². The number of carbonyl (C=O) groups excluding carboxylic acids is 2. The largest absolute Gasteiger partial charge is 0.355 e. The number of hydrogen-bond donors (Lipinski definition) is 3. The Labute approximate surface area is 162 Å². The summed E-state index contributed by atoms with van der Waals surface area (Å²) in [6, 6.07) is 9.83. The summed E-state index contributed by atoms with van der Waals surface area (Å²) in [6.45, 7) is -0.130. The van der Waals surface area contributed by atoms with E-state index in [0.717, 1.165) is 0 Å². The van der Waals surface area contributed by atoms with Crippen LogP contribution in [0.3, 0.4) is 0 Å². The van der Waals surface area contributed by atoms with Gasteiger partial charge in [0, 0.05) is 18.3 Å². The van der Waals surface area contributed by atoms with Gasteiger partial charge in [0.25, 0.3) is 11.8 Å². The first-order chi connectivity index (χ1) is 12.8. The van der Waals surface area contributed by atoms with Crippen LogP contribution in [0.5, 0.6) is 0 Å². The summed E-state index contributed by atoms with van der Waals surface area (Å²) < 4.78 is 26.2. The zero-order valence-corrected chi connectivity index (χ0v) is 15.8. The van der Waals surface area contributed by atoms with Gasteiger partial charge >= 0.3 is 0 Å². The molecule has 3 N–H and O–H groups in total. The highest BCUT2D eigenvalue weighted by Gasteiger charge is 2.15. The molecule has 140 valence electrons. The number of sulfonamides is 1. The van der Waals surface area contributed by atoms with E-state index in [9.17, 15) is 18.0 Å². The van der Waals surface area contributed by atoms with Crippen molar-refractivity contribution in [3.05, 3.63) is 58.6 Å². The van der Waals surface area contributed by atoms with Crippen LogP contribution < -0.4 is 15.4 Å². The first kappa shape index (κ1) is 20.5. The third-order valence-electron chi connectivity index (χ3n) is 3.49. The van der Waals surface area contributed by atoms with E-state index < -0.39 is 15.9 Å². The van der Waals surface area contributed by atoms with Crippen molar-refractivity contribution in [2.24, 2.45) is 0 Å². The fraction of sp³-hybridized carbons (Fsp3) is 0.111. The van der Waals surface area contributed by atoms with Crippen molar-refractivity contribution >= 4 is 39.1 Å². The molecule has 7 nitrogen and oxygen atoms in total. The van der Waals surface area contributed by atoms with Gasteiger partial charge in [0.2, 0.25) is 10.0 Å². The SMILES string of the molecule is C#CCNS(=O)(=O)c1ccc(C(=O)Nc2ccc(Cl)c(C(=O)NC)c2)cc1. The molecule has 0 fully saturated rings. The van der Waals surface area contributed by atoms with Gasteiger partial charge in [-0.1, -0.05) is 17.5 Å². The minimum atomic E-state index is -3.73. The minimum Gasteiger partial charge on any atom is -0.355 e. The van der Waals surface area contributed by atoms with Crippen molar-refractivity contribution in [3.63, 3.8) is 0 Å². The zero-order chi connectivity index (χ0) is 20.0. The Bertz CT molecular complexity index is 1010. The number of rotatable bonds is 6. The van der Waals surface area contributed by atoms with Crippen molar-refractivity contribution in [1.29, 1.82) is 0 Å². The zero-order valence-electron chi connectivity index (χ0n) is 14.2. The molecule has 0 unspecified atom stereocenters. The molecule has 0 atom stereocenters. The number of carbonyl (C=O) groups is 2. The molecule has 9 heteroatoms. The molecule has 0 spiro atoms. The molecule has 0 aliphatic heterocycles. The topological polar surface area (TPSA) is 104 Å². The third kappa shape index (κ3) is 5.08. The molecule has 2 aromatic rings. The van der Waals surface area contributed by atoms with Crippen LogP contribution in [0.4, 0.5) is 5.69 Å². The maximum absolute atomic E-state index is 12.3. The van der Waals surface area contributed by atoms with Crippen LogP contribution in [-0.4, -0.2) is 33.8 Å². The van der Waals surface area contributed by atoms with E-state index in [-0.39, 0.29) is 33.5 Å². The van der Waals surface area contributed by atoms with E-state index in [2.05, 4.69) is 21.3 Å². The lowest BCUT2D eigenvalue weighted by Crippen LogP contribution is -2.24. The summed E-state index contributed by atoms with van der Waals surface area (Å²) in [4.78, 5) is 24.1. The summed E-state index contributed by atoms with van der Waals surface area (Å²) >= 11 is 5.97. The van der Waals surface area contributed by atoms with E-state index >= 15 is 0 Å². The number of benzene rings is 2. The Morgan fingerprint density at radius 3 is 2.37 bits per heavy atom. The standard InChI is InChI=1S/C18H16ClN3O4S/c1-3-10-21-27(25,26)14-7-4-12(5-8-14)17(23)22-13-6-9-16(19)15(11-13)18(24)20-2/h1,4-9,11,21H,10H2,2H3,(H,20,24)(H,22,23). The van der Waals surface area contributed by atoms with E-state index in [1.165, 1.54) is 43.4 Å². The predicted octanol–water partition coefficient (Wildman–Crippen LogP) is 1.86. The molecule has 0 radical (unpaired) electrons. The lowest BCUT2D eigenvalue weighted by molar-refractivity contribution is 0.0961. The van der Waals surface area contributed by atoms with Gasteiger partial charge in [-0.2, -0.15) is 4.72 Å². The molecular formula is C18H16ClN3O4S. The molecule has 0 saturated carbocycles. The van der Waals surface area contributed by atoms with Crippen molar-refractivity contribution in [2.75, 3.05) is 18.9 Å². The van der Waals surface area contributed by atoms with Gasteiger partial charge in [0.15, 0.2) is 0 Å².